The van der Waals surface area contributed by atoms with Crippen molar-refractivity contribution in [2.24, 2.45) is 0 Å². The zero-order chi connectivity index (χ0) is 8.10. The van der Waals surface area contributed by atoms with Gasteiger partial charge in [-0.15, -0.1) is 0 Å². The van der Waals surface area contributed by atoms with Gasteiger partial charge in [-0.25, -0.2) is 0 Å². The van der Waals surface area contributed by atoms with Crippen molar-refractivity contribution in [3.63, 3.8) is 0 Å². The maximum absolute atomic E-state index is 10.8. The number of aliphatic hydroxyl groups excluding tert-OH is 1. The number of piperidine rings is 1. The van der Waals surface area contributed by atoms with Crippen LogP contribution in [0.25, 0.3) is 0 Å². The molecule has 4 nitrogen and oxygen atoms in total. The summed E-state index contributed by atoms with van der Waals surface area (Å²) in [5.41, 5.74) is 0. The maximum Gasteiger partial charge on any atom is 0.135 e. The van der Waals surface area contributed by atoms with E-state index in [4.69, 9.17) is 9.94 Å². The number of hydrogen-bond donors (Lipinski definition) is 1. The molecule has 1 saturated heterocycles. The molecule has 1 rings (SSSR count). The van der Waals surface area contributed by atoms with Crippen LogP contribution in [0, 0.1) is 0 Å². The summed E-state index contributed by atoms with van der Waals surface area (Å²) in [5, 5.41) is 10.2. The first-order valence-corrected chi connectivity index (χ1v) is 3.83. The minimum Gasteiger partial charge on any atom is -0.394 e. The van der Waals surface area contributed by atoms with Gasteiger partial charge in [0.2, 0.25) is 0 Å². The predicted molar refractivity (Wildman–Crippen MR) is 38.9 cm³/mol. The van der Waals surface area contributed by atoms with E-state index < -0.39 is 0 Å². The molecule has 64 valence electrons. The molecule has 0 amide bonds. The Morgan fingerprint density at radius 3 is 2.64 bits per heavy atom. The summed E-state index contributed by atoms with van der Waals surface area (Å²) < 4.78 is 0. The van der Waals surface area contributed by atoms with E-state index in [1.165, 1.54) is 0 Å². The van der Waals surface area contributed by atoms with Crippen LogP contribution in [0.3, 0.4) is 0 Å². The number of nitrogens with zero attached hydrogens (tertiary/aromatic N) is 1. The third-order valence-corrected chi connectivity index (χ3v) is 1.65. The van der Waals surface area contributed by atoms with Gasteiger partial charge in [0.15, 0.2) is 0 Å². The number of hydroxylamine groups is 2. The fourth-order valence-electron chi connectivity index (χ4n) is 1.03. The van der Waals surface area contributed by atoms with Gasteiger partial charge in [-0.2, -0.15) is 5.06 Å². The van der Waals surface area contributed by atoms with Crippen LogP contribution in [0.4, 0.5) is 0 Å². The molecule has 0 aliphatic carbocycles. The van der Waals surface area contributed by atoms with E-state index >= 15 is 0 Å². The number of rotatable bonds is 3. The second-order valence-electron chi connectivity index (χ2n) is 2.52. The number of hydrogen-bond acceptors (Lipinski definition) is 4. The summed E-state index contributed by atoms with van der Waals surface area (Å²) in [6, 6.07) is 0. The Morgan fingerprint density at radius 1 is 1.45 bits per heavy atom. The van der Waals surface area contributed by atoms with Gasteiger partial charge in [0.1, 0.15) is 5.78 Å². The van der Waals surface area contributed by atoms with Crippen LogP contribution in [-0.2, 0) is 9.63 Å². The SMILES string of the molecule is O=C1CCN(OCCO)CC1. The van der Waals surface area contributed by atoms with E-state index in [-0.39, 0.29) is 6.61 Å². The molecule has 0 aromatic heterocycles. The molecule has 1 fully saturated rings. The molecule has 0 aromatic rings. The fraction of sp³-hybridized carbons (Fsp3) is 0.857. The molecule has 1 heterocycles. The standard InChI is InChI=1S/C7H13NO3/c9-5-6-11-8-3-1-7(10)2-4-8/h9H,1-6H2. The first kappa shape index (κ1) is 8.64. The average Bonchev–Trinajstić information content (AvgIpc) is 2.04. The van der Waals surface area contributed by atoms with Crippen LogP contribution in [0.15, 0.2) is 0 Å². The van der Waals surface area contributed by atoms with Gasteiger partial charge < -0.3 is 5.11 Å². The Morgan fingerprint density at radius 2 is 2.09 bits per heavy atom. The summed E-state index contributed by atoms with van der Waals surface area (Å²) >= 11 is 0. The van der Waals surface area contributed by atoms with Crippen molar-refractivity contribution >= 4 is 5.78 Å². The van der Waals surface area contributed by atoms with Gasteiger partial charge >= 0.3 is 0 Å². The zero-order valence-electron chi connectivity index (χ0n) is 6.45. The second-order valence-corrected chi connectivity index (χ2v) is 2.52. The van der Waals surface area contributed by atoms with E-state index in [1.807, 2.05) is 0 Å². The highest BCUT2D eigenvalue weighted by atomic mass is 16.7. The summed E-state index contributed by atoms with van der Waals surface area (Å²) in [6.45, 7) is 1.69. The monoisotopic (exact) mass is 159 g/mol. The van der Waals surface area contributed by atoms with Crippen LogP contribution in [0.1, 0.15) is 12.8 Å². The maximum atomic E-state index is 10.8. The summed E-state index contributed by atoms with van der Waals surface area (Å²) in [7, 11) is 0. The van der Waals surface area contributed by atoms with Crippen LogP contribution < -0.4 is 0 Å². The Kier molecular flexibility index (Phi) is 3.48. The molecule has 1 aliphatic rings. The lowest BCUT2D eigenvalue weighted by atomic mass is 10.1. The van der Waals surface area contributed by atoms with Crippen molar-refractivity contribution in [3.8, 4) is 0 Å². The van der Waals surface area contributed by atoms with Gasteiger partial charge in [0, 0.05) is 25.9 Å². The number of aliphatic hydroxyl groups is 1. The summed E-state index contributed by atoms with van der Waals surface area (Å²) in [6.07, 6.45) is 1.15. The Bertz CT molecular complexity index is 128. The van der Waals surface area contributed by atoms with Crippen LogP contribution in [0.5, 0.6) is 0 Å². The third-order valence-electron chi connectivity index (χ3n) is 1.65. The van der Waals surface area contributed by atoms with Crippen LogP contribution >= 0.6 is 0 Å². The second kappa shape index (κ2) is 4.43. The van der Waals surface area contributed by atoms with E-state index in [9.17, 15) is 4.79 Å². The molecule has 1 aliphatic heterocycles. The highest BCUT2D eigenvalue weighted by Crippen LogP contribution is 2.05. The molecule has 0 aromatic carbocycles. The van der Waals surface area contributed by atoms with Gasteiger partial charge in [-0.1, -0.05) is 0 Å². The minimum atomic E-state index is 0.0322. The average molecular weight is 159 g/mol. The molecule has 0 spiro atoms. The van der Waals surface area contributed by atoms with E-state index in [1.54, 1.807) is 5.06 Å². The van der Waals surface area contributed by atoms with E-state index in [2.05, 4.69) is 0 Å². The molecular weight excluding hydrogens is 146 g/mol. The molecular formula is C7H13NO3. The molecule has 0 bridgehead atoms. The Labute approximate surface area is 65.7 Å². The topological polar surface area (TPSA) is 49.8 Å². The lowest BCUT2D eigenvalue weighted by molar-refractivity contribution is -0.177. The van der Waals surface area contributed by atoms with E-state index in [0.717, 1.165) is 0 Å². The Balaban J connectivity index is 2.12. The summed E-state index contributed by atoms with van der Waals surface area (Å²) in [5.74, 6) is 0.300. The normalized spacial score (nSPS) is 20.6. The molecule has 11 heavy (non-hydrogen) atoms. The highest BCUT2D eigenvalue weighted by molar-refractivity contribution is 5.79. The lowest BCUT2D eigenvalue weighted by Crippen LogP contribution is -2.34. The Hall–Kier alpha value is -0.450. The molecule has 0 atom stereocenters. The number of ketones is 1. The van der Waals surface area contributed by atoms with Crippen molar-refractivity contribution < 1.29 is 14.7 Å². The van der Waals surface area contributed by atoms with Gasteiger partial charge in [0.05, 0.1) is 13.2 Å². The smallest absolute Gasteiger partial charge is 0.135 e. The number of Topliss-reactive ketones (excluding diaryl/α,β-unsaturated/α-hetero) is 1. The zero-order valence-corrected chi connectivity index (χ0v) is 6.45. The number of carbonyl (C=O) groups is 1. The minimum absolute atomic E-state index is 0.0322. The van der Waals surface area contributed by atoms with Crippen LogP contribution in [0.2, 0.25) is 0 Å². The van der Waals surface area contributed by atoms with Crippen molar-refractivity contribution in [1.82, 2.24) is 5.06 Å². The van der Waals surface area contributed by atoms with Gasteiger partial charge in [-0.05, 0) is 0 Å². The largest absolute Gasteiger partial charge is 0.394 e. The molecule has 1 N–H and O–H groups in total. The van der Waals surface area contributed by atoms with E-state index in [0.29, 0.717) is 38.3 Å². The fourth-order valence-corrected chi connectivity index (χ4v) is 1.03. The van der Waals surface area contributed by atoms with Crippen LogP contribution in [-0.4, -0.2) is 42.3 Å². The quantitative estimate of drug-likeness (QED) is 0.607. The molecule has 0 saturated carbocycles. The van der Waals surface area contributed by atoms with Crippen molar-refractivity contribution in [1.29, 1.82) is 0 Å². The summed E-state index contributed by atoms with van der Waals surface area (Å²) in [4.78, 5) is 15.9. The predicted octanol–water partition coefficient (Wildman–Crippen LogP) is -0.425. The first-order chi connectivity index (χ1) is 5.33. The molecule has 0 radical (unpaired) electrons. The van der Waals surface area contributed by atoms with Crippen molar-refractivity contribution in [2.45, 2.75) is 12.8 Å². The van der Waals surface area contributed by atoms with Gasteiger partial charge in [-0.3, -0.25) is 9.63 Å². The third kappa shape index (κ3) is 2.96. The van der Waals surface area contributed by atoms with Crippen molar-refractivity contribution in [3.05, 3.63) is 0 Å². The number of carbonyl (C=O) groups excluding carboxylic acids is 1. The molecule has 0 unspecified atom stereocenters. The van der Waals surface area contributed by atoms with Gasteiger partial charge in [0.25, 0.3) is 0 Å². The molecule has 4 heteroatoms. The highest BCUT2D eigenvalue weighted by Gasteiger charge is 2.15. The van der Waals surface area contributed by atoms with Crippen molar-refractivity contribution in [2.75, 3.05) is 26.3 Å². The lowest BCUT2D eigenvalue weighted by Gasteiger charge is -2.24. The first-order valence-electron chi connectivity index (χ1n) is 3.83.